The molecule has 2 nitrogen and oxygen atoms in total. The predicted octanol–water partition coefficient (Wildman–Crippen LogP) is 2.78. The summed E-state index contributed by atoms with van der Waals surface area (Å²) in [4.78, 5) is 0. The Morgan fingerprint density at radius 2 is 1.86 bits per heavy atom. The van der Waals surface area contributed by atoms with Crippen LogP contribution in [-0.2, 0) is 6.54 Å². The lowest BCUT2D eigenvalue weighted by Crippen LogP contribution is -2.10. The van der Waals surface area contributed by atoms with E-state index in [-0.39, 0.29) is 6.04 Å². The molecule has 0 aliphatic rings. The molecule has 1 aromatic heterocycles. The van der Waals surface area contributed by atoms with Gasteiger partial charge in [0.05, 0.1) is 0 Å². The molecule has 0 bridgehead atoms. The molecule has 1 aromatic rings. The molecule has 1 heterocycles. The summed E-state index contributed by atoms with van der Waals surface area (Å²) in [6.07, 6.45) is 0. The molecular formula is C12H22N2. The number of hydrogen-bond donors (Lipinski definition) is 1. The highest BCUT2D eigenvalue weighted by Gasteiger charge is 2.12. The smallest absolute Gasteiger partial charge is 0.0284 e. The minimum Gasteiger partial charge on any atom is -0.349 e. The molecule has 80 valence electrons. The Labute approximate surface area is 87.1 Å². The van der Waals surface area contributed by atoms with Gasteiger partial charge in [0, 0.05) is 24.0 Å². The van der Waals surface area contributed by atoms with Crippen molar-refractivity contribution in [3.8, 4) is 0 Å². The third-order valence-corrected chi connectivity index (χ3v) is 2.65. The van der Waals surface area contributed by atoms with Gasteiger partial charge in [-0.1, -0.05) is 13.8 Å². The average molecular weight is 194 g/mol. The zero-order chi connectivity index (χ0) is 10.9. The van der Waals surface area contributed by atoms with E-state index in [9.17, 15) is 0 Å². The molecule has 1 atom stereocenters. The number of nitrogens with two attached hydrogens (primary N) is 1. The van der Waals surface area contributed by atoms with Crippen molar-refractivity contribution in [2.24, 2.45) is 11.7 Å². The summed E-state index contributed by atoms with van der Waals surface area (Å²) >= 11 is 0. The van der Waals surface area contributed by atoms with Crippen LogP contribution in [0.5, 0.6) is 0 Å². The van der Waals surface area contributed by atoms with Gasteiger partial charge < -0.3 is 10.3 Å². The number of aromatic nitrogens is 1. The van der Waals surface area contributed by atoms with E-state index in [0.29, 0.717) is 5.92 Å². The molecule has 0 aromatic carbocycles. The van der Waals surface area contributed by atoms with E-state index in [4.69, 9.17) is 5.73 Å². The van der Waals surface area contributed by atoms with Gasteiger partial charge in [-0.2, -0.15) is 0 Å². The van der Waals surface area contributed by atoms with E-state index >= 15 is 0 Å². The van der Waals surface area contributed by atoms with Crippen LogP contribution in [0.2, 0.25) is 0 Å². The second kappa shape index (κ2) is 4.18. The van der Waals surface area contributed by atoms with E-state index < -0.39 is 0 Å². The molecule has 0 spiro atoms. The molecule has 0 fully saturated rings. The van der Waals surface area contributed by atoms with Crippen LogP contribution in [0, 0.1) is 19.8 Å². The first-order valence-electron chi connectivity index (χ1n) is 5.35. The fourth-order valence-electron chi connectivity index (χ4n) is 1.93. The monoisotopic (exact) mass is 194 g/mol. The van der Waals surface area contributed by atoms with Gasteiger partial charge in [0.1, 0.15) is 0 Å². The Hall–Kier alpha value is -0.760. The number of aryl methyl sites for hydroxylation is 1. The second-order valence-corrected chi connectivity index (χ2v) is 4.62. The fourth-order valence-corrected chi connectivity index (χ4v) is 1.93. The molecule has 2 N–H and O–H groups in total. The lowest BCUT2D eigenvalue weighted by atomic mass is 10.1. The topological polar surface area (TPSA) is 30.9 Å². The Bertz CT molecular complexity index is 308. The van der Waals surface area contributed by atoms with Crippen LogP contribution < -0.4 is 5.73 Å². The maximum absolute atomic E-state index is 5.91. The zero-order valence-corrected chi connectivity index (χ0v) is 9.96. The van der Waals surface area contributed by atoms with Gasteiger partial charge in [0.2, 0.25) is 0 Å². The fraction of sp³-hybridized carbons (Fsp3) is 0.667. The van der Waals surface area contributed by atoms with Crippen molar-refractivity contribution in [3.63, 3.8) is 0 Å². The van der Waals surface area contributed by atoms with Crippen LogP contribution in [0.25, 0.3) is 0 Å². The van der Waals surface area contributed by atoms with E-state index in [1.807, 2.05) is 6.92 Å². The molecule has 0 saturated carbocycles. The van der Waals surface area contributed by atoms with E-state index in [0.717, 1.165) is 6.54 Å². The van der Waals surface area contributed by atoms with Crippen LogP contribution in [0.15, 0.2) is 6.07 Å². The van der Waals surface area contributed by atoms with Gasteiger partial charge in [-0.25, -0.2) is 0 Å². The van der Waals surface area contributed by atoms with Gasteiger partial charge in [-0.15, -0.1) is 0 Å². The van der Waals surface area contributed by atoms with Crippen LogP contribution in [0.1, 0.15) is 43.8 Å². The average Bonchev–Trinajstić information content (AvgIpc) is 2.31. The van der Waals surface area contributed by atoms with Crippen molar-refractivity contribution < 1.29 is 0 Å². The highest BCUT2D eigenvalue weighted by Crippen LogP contribution is 2.21. The molecule has 0 amide bonds. The second-order valence-electron chi connectivity index (χ2n) is 4.62. The largest absolute Gasteiger partial charge is 0.349 e. The zero-order valence-electron chi connectivity index (χ0n) is 9.96. The van der Waals surface area contributed by atoms with E-state index in [2.05, 4.69) is 38.3 Å². The standard InChI is InChI=1S/C12H22N2/c1-8(2)7-14-9(3)6-12(10(4)13)11(14)5/h6,8,10H,7,13H2,1-5H3/t10-/m1/s1. The maximum atomic E-state index is 5.91. The lowest BCUT2D eigenvalue weighted by molar-refractivity contribution is 0.507. The third-order valence-electron chi connectivity index (χ3n) is 2.65. The normalized spacial score (nSPS) is 13.6. The molecule has 0 unspecified atom stereocenters. The molecule has 2 heteroatoms. The number of hydrogen-bond acceptors (Lipinski definition) is 1. The number of nitrogens with zero attached hydrogens (tertiary/aromatic N) is 1. The summed E-state index contributed by atoms with van der Waals surface area (Å²) in [7, 11) is 0. The molecule has 0 aliphatic heterocycles. The van der Waals surface area contributed by atoms with Crippen LogP contribution in [0.4, 0.5) is 0 Å². The van der Waals surface area contributed by atoms with Crippen LogP contribution in [-0.4, -0.2) is 4.57 Å². The molecule has 0 radical (unpaired) electrons. The molecular weight excluding hydrogens is 172 g/mol. The Kier molecular flexibility index (Phi) is 3.38. The quantitative estimate of drug-likeness (QED) is 0.788. The van der Waals surface area contributed by atoms with Gasteiger partial charge >= 0.3 is 0 Å². The minimum absolute atomic E-state index is 0.141. The predicted molar refractivity (Wildman–Crippen MR) is 61.3 cm³/mol. The highest BCUT2D eigenvalue weighted by molar-refractivity contribution is 5.29. The summed E-state index contributed by atoms with van der Waals surface area (Å²) in [6, 6.07) is 2.35. The van der Waals surface area contributed by atoms with Crippen molar-refractivity contribution in [3.05, 3.63) is 23.0 Å². The molecule has 14 heavy (non-hydrogen) atoms. The first-order valence-corrected chi connectivity index (χ1v) is 5.35. The summed E-state index contributed by atoms with van der Waals surface area (Å²) in [6.45, 7) is 11.9. The molecule has 0 saturated heterocycles. The molecule has 1 rings (SSSR count). The van der Waals surface area contributed by atoms with Gasteiger partial charge in [-0.05, 0) is 38.3 Å². The minimum atomic E-state index is 0.141. The summed E-state index contributed by atoms with van der Waals surface area (Å²) < 4.78 is 2.36. The summed E-state index contributed by atoms with van der Waals surface area (Å²) in [5.74, 6) is 0.681. The van der Waals surface area contributed by atoms with Gasteiger partial charge in [0.15, 0.2) is 0 Å². The number of rotatable bonds is 3. The third kappa shape index (κ3) is 2.18. The summed E-state index contributed by atoms with van der Waals surface area (Å²) in [5.41, 5.74) is 9.84. The van der Waals surface area contributed by atoms with Crippen molar-refractivity contribution in [2.45, 2.75) is 47.2 Å². The van der Waals surface area contributed by atoms with Crippen molar-refractivity contribution >= 4 is 0 Å². The Morgan fingerprint density at radius 3 is 2.21 bits per heavy atom. The first-order chi connectivity index (χ1) is 6.43. The molecule has 0 aliphatic carbocycles. The van der Waals surface area contributed by atoms with E-state index in [1.165, 1.54) is 17.0 Å². The van der Waals surface area contributed by atoms with Crippen LogP contribution >= 0.6 is 0 Å². The SMILES string of the molecule is Cc1cc([C@@H](C)N)c(C)n1CC(C)C. The first kappa shape index (κ1) is 11.3. The summed E-state index contributed by atoms with van der Waals surface area (Å²) in [5, 5.41) is 0. The van der Waals surface area contributed by atoms with Crippen LogP contribution in [0.3, 0.4) is 0 Å². The van der Waals surface area contributed by atoms with Crippen molar-refractivity contribution in [1.29, 1.82) is 0 Å². The van der Waals surface area contributed by atoms with E-state index in [1.54, 1.807) is 0 Å². The van der Waals surface area contributed by atoms with Crippen molar-refractivity contribution in [1.82, 2.24) is 4.57 Å². The van der Waals surface area contributed by atoms with Gasteiger partial charge in [-0.3, -0.25) is 0 Å². The highest BCUT2D eigenvalue weighted by atomic mass is 15.0. The maximum Gasteiger partial charge on any atom is 0.0284 e. The van der Waals surface area contributed by atoms with Gasteiger partial charge in [0.25, 0.3) is 0 Å². The van der Waals surface area contributed by atoms with Crippen molar-refractivity contribution in [2.75, 3.05) is 0 Å². The Morgan fingerprint density at radius 1 is 1.29 bits per heavy atom. The Balaban J connectivity index is 3.05. The lowest BCUT2D eigenvalue weighted by Gasteiger charge is -2.13.